The highest BCUT2D eigenvalue weighted by molar-refractivity contribution is 7.22. The molecule has 3 aliphatic rings. The number of hydrogen-bond donors (Lipinski definition) is 0. The Morgan fingerprint density at radius 3 is 2.48 bits per heavy atom. The van der Waals surface area contributed by atoms with Gasteiger partial charge in [0.15, 0.2) is 0 Å². The van der Waals surface area contributed by atoms with Gasteiger partial charge in [-0.1, -0.05) is 18.9 Å². The van der Waals surface area contributed by atoms with E-state index in [0.717, 1.165) is 5.92 Å². The van der Waals surface area contributed by atoms with Crippen LogP contribution in [0, 0.1) is 5.92 Å². The Balaban J connectivity index is 1.56. The molecular formula is C17H25BO2S. The molecule has 2 unspecified atom stereocenters. The molecule has 0 spiro atoms. The van der Waals surface area contributed by atoms with Gasteiger partial charge in [0.1, 0.15) is 0 Å². The lowest BCUT2D eigenvalue weighted by atomic mass is 9.86. The van der Waals surface area contributed by atoms with Gasteiger partial charge in [0.05, 0.1) is 11.2 Å². The molecular weight excluding hydrogens is 279 g/mol. The lowest BCUT2D eigenvalue weighted by molar-refractivity contribution is 0.00578. The number of hydrogen-bond acceptors (Lipinski definition) is 3. The molecule has 1 saturated heterocycles. The Hall–Kier alpha value is -0.315. The first-order chi connectivity index (χ1) is 9.84. The van der Waals surface area contributed by atoms with E-state index >= 15 is 0 Å². The summed E-state index contributed by atoms with van der Waals surface area (Å²) < 4.78 is 13.6. The van der Waals surface area contributed by atoms with Crippen LogP contribution in [0.2, 0.25) is 0 Å². The summed E-state index contributed by atoms with van der Waals surface area (Å²) in [7, 11) is -0.189. The normalized spacial score (nSPS) is 36.6. The fraction of sp³-hybridized carbons (Fsp3) is 0.765. The van der Waals surface area contributed by atoms with Crippen molar-refractivity contribution in [3.05, 3.63) is 17.0 Å². The van der Waals surface area contributed by atoms with Gasteiger partial charge in [-0.15, -0.1) is 11.3 Å². The zero-order chi connectivity index (χ0) is 14.9. The smallest absolute Gasteiger partial charge is 0.399 e. The minimum Gasteiger partial charge on any atom is -0.399 e. The van der Waals surface area contributed by atoms with E-state index in [1.807, 2.05) is 11.3 Å². The zero-order valence-corrected chi connectivity index (χ0v) is 14.4. The predicted octanol–water partition coefficient (Wildman–Crippen LogP) is 3.88. The van der Waals surface area contributed by atoms with Gasteiger partial charge in [-0.25, -0.2) is 0 Å². The van der Waals surface area contributed by atoms with Crippen LogP contribution < -0.4 is 4.78 Å². The lowest BCUT2D eigenvalue weighted by Gasteiger charge is -2.32. The topological polar surface area (TPSA) is 18.5 Å². The minimum atomic E-state index is -0.243. The molecule has 1 aromatic rings. The van der Waals surface area contributed by atoms with Crippen LogP contribution in [0.5, 0.6) is 0 Å². The molecule has 0 N–H and O–H groups in total. The van der Waals surface area contributed by atoms with E-state index in [1.54, 1.807) is 4.88 Å². The first kappa shape index (κ1) is 14.3. The molecule has 114 valence electrons. The third kappa shape index (κ3) is 2.06. The van der Waals surface area contributed by atoms with Gasteiger partial charge in [-0.3, -0.25) is 0 Å². The molecule has 2 heterocycles. The molecule has 1 aliphatic heterocycles. The summed E-state index contributed by atoms with van der Waals surface area (Å²) in [5.41, 5.74) is 0.0466. The Labute approximate surface area is 132 Å². The summed E-state index contributed by atoms with van der Waals surface area (Å²) in [5.74, 6) is 0.955. The summed E-state index contributed by atoms with van der Waals surface area (Å²) in [4.78, 5) is 1.58. The predicted molar refractivity (Wildman–Crippen MR) is 88.3 cm³/mol. The monoisotopic (exact) mass is 304 g/mol. The summed E-state index contributed by atoms with van der Waals surface area (Å²) >= 11 is 1.93. The molecule has 0 bridgehead atoms. The Morgan fingerprint density at radius 2 is 1.81 bits per heavy atom. The minimum absolute atomic E-state index is 0.189. The van der Waals surface area contributed by atoms with Crippen LogP contribution in [-0.2, 0) is 14.7 Å². The molecule has 4 rings (SSSR count). The zero-order valence-electron chi connectivity index (χ0n) is 13.6. The van der Waals surface area contributed by atoms with E-state index in [0.29, 0.717) is 5.41 Å². The molecule has 0 radical (unpaired) electrons. The molecule has 1 aromatic heterocycles. The molecule has 2 aliphatic carbocycles. The Kier molecular flexibility index (Phi) is 2.97. The van der Waals surface area contributed by atoms with Crippen molar-refractivity contribution < 1.29 is 9.31 Å². The summed E-state index contributed by atoms with van der Waals surface area (Å²) in [5, 5.41) is 0. The SMILES string of the molecule is CC1(C)OB(c2ccc(C34CCCCC3C4)s2)OC1(C)C. The van der Waals surface area contributed by atoms with Crippen LogP contribution in [0.4, 0.5) is 0 Å². The highest BCUT2D eigenvalue weighted by Gasteiger charge is 2.57. The molecule has 21 heavy (non-hydrogen) atoms. The number of rotatable bonds is 2. The maximum absolute atomic E-state index is 6.19. The lowest BCUT2D eigenvalue weighted by Crippen LogP contribution is -2.41. The van der Waals surface area contributed by atoms with Gasteiger partial charge in [0.25, 0.3) is 0 Å². The van der Waals surface area contributed by atoms with Gasteiger partial charge in [0.2, 0.25) is 0 Å². The first-order valence-corrected chi connectivity index (χ1v) is 9.12. The van der Waals surface area contributed by atoms with Crippen molar-refractivity contribution in [2.45, 2.75) is 76.4 Å². The van der Waals surface area contributed by atoms with Gasteiger partial charge in [0, 0.05) is 15.1 Å². The highest BCUT2D eigenvalue weighted by Crippen LogP contribution is 2.63. The van der Waals surface area contributed by atoms with Gasteiger partial charge in [-0.2, -0.15) is 0 Å². The van der Waals surface area contributed by atoms with Crippen LogP contribution in [0.3, 0.4) is 0 Å². The van der Waals surface area contributed by atoms with E-state index in [-0.39, 0.29) is 18.3 Å². The summed E-state index contributed by atoms with van der Waals surface area (Å²) in [6, 6.07) is 4.58. The van der Waals surface area contributed by atoms with E-state index in [2.05, 4.69) is 39.8 Å². The van der Waals surface area contributed by atoms with E-state index in [1.165, 1.54) is 36.9 Å². The third-order valence-corrected chi connectivity index (χ3v) is 7.59. The fourth-order valence-corrected chi connectivity index (χ4v) is 5.30. The third-order valence-electron chi connectivity index (χ3n) is 6.26. The van der Waals surface area contributed by atoms with Crippen molar-refractivity contribution in [2.24, 2.45) is 5.92 Å². The van der Waals surface area contributed by atoms with E-state index in [4.69, 9.17) is 9.31 Å². The van der Waals surface area contributed by atoms with Crippen molar-refractivity contribution in [3.8, 4) is 0 Å². The number of thiophene rings is 1. The number of fused-ring (bicyclic) bond motifs is 1. The second kappa shape index (κ2) is 4.36. The second-order valence-electron chi connectivity index (χ2n) is 8.09. The van der Waals surface area contributed by atoms with Gasteiger partial charge < -0.3 is 9.31 Å². The van der Waals surface area contributed by atoms with Crippen LogP contribution in [0.15, 0.2) is 12.1 Å². The summed E-state index contributed by atoms with van der Waals surface area (Å²) in [6.07, 6.45) is 7.07. The maximum Gasteiger partial charge on any atom is 0.505 e. The van der Waals surface area contributed by atoms with Crippen LogP contribution in [-0.4, -0.2) is 18.3 Å². The van der Waals surface area contributed by atoms with Gasteiger partial charge >= 0.3 is 7.12 Å². The Bertz CT molecular complexity index is 549. The van der Waals surface area contributed by atoms with Gasteiger partial charge in [-0.05, 0) is 58.9 Å². The first-order valence-electron chi connectivity index (χ1n) is 8.30. The van der Waals surface area contributed by atoms with Crippen LogP contribution >= 0.6 is 11.3 Å². The molecule has 2 nitrogen and oxygen atoms in total. The molecule has 0 amide bonds. The molecule has 2 saturated carbocycles. The molecule has 3 fully saturated rings. The largest absolute Gasteiger partial charge is 0.505 e. The van der Waals surface area contributed by atoms with Crippen molar-refractivity contribution >= 4 is 23.2 Å². The van der Waals surface area contributed by atoms with Crippen LogP contribution in [0.25, 0.3) is 0 Å². The molecule has 2 atom stereocenters. The standard InChI is InChI=1S/C17H25BO2S/c1-15(2)16(3,4)20-18(19-15)14-9-8-13(21-14)17-10-6-5-7-12(17)11-17/h8-9,12H,5-7,10-11H2,1-4H3. The van der Waals surface area contributed by atoms with Crippen LogP contribution in [0.1, 0.15) is 64.7 Å². The van der Waals surface area contributed by atoms with E-state index < -0.39 is 0 Å². The van der Waals surface area contributed by atoms with E-state index in [9.17, 15) is 0 Å². The highest BCUT2D eigenvalue weighted by atomic mass is 32.1. The Morgan fingerprint density at radius 1 is 1.10 bits per heavy atom. The van der Waals surface area contributed by atoms with Crippen molar-refractivity contribution in [2.75, 3.05) is 0 Å². The summed E-state index contributed by atoms with van der Waals surface area (Å²) in [6.45, 7) is 8.49. The average molecular weight is 304 g/mol. The molecule has 0 aromatic carbocycles. The van der Waals surface area contributed by atoms with Crippen molar-refractivity contribution in [1.82, 2.24) is 0 Å². The van der Waals surface area contributed by atoms with Crippen molar-refractivity contribution in [3.63, 3.8) is 0 Å². The second-order valence-corrected chi connectivity index (χ2v) is 9.21. The molecule has 4 heteroatoms. The average Bonchev–Trinajstić information content (AvgIpc) is 2.85. The quantitative estimate of drug-likeness (QED) is 0.772. The fourth-order valence-electron chi connectivity index (χ4n) is 4.03. The van der Waals surface area contributed by atoms with Crippen molar-refractivity contribution in [1.29, 1.82) is 0 Å². The maximum atomic E-state index is 6.19.